The van der Waals surface area contributed by atoms with E-state index in [0.29, 0.717) is 11.3 Å². The number of thioether (sulfide) groups is 1. The maximum Gasteiger partial charge on any atom is 0.337 e. The third kappa shape index (κ3) is 3.35. The molecule has 0 bridgehead atoms. The van der Waals surface area contributed by atoms with Crippen LogP contribution in [0.25, 0.3) is 0 Å². The van der Waals surface area contributed by atoms with Crippen LogP contribution in [0.15, 0.2) is 18.2 Å². The van der Waals surface area contributed by atoms with Crippen LogP contribution in [0.2, 0.25) is 0 Å². The van der Waals surface area contributed by atoms with Crippen molar-refractivity contribution in [3.8, 4) is 0 Å². The van der Waals surface area contributed by atoms with Gasteiger partial charge in [0.15, 0.2) is 0 Å². The van der Waals surface area contributed by atoms with Gasteiger partial charge in [0, 0.05) is 11.3 Å². The summed E-state index contributed by atoms with van der Waals surface area (Å²) >= 11 is 1.99. The summed E-state index contributed by atoms with van der Waals surface area (Å²) in [6.45, 7) is 3.12. The van der Waals surface area contributed by atoms with Crippen LogP contribution < -0.4 is 11.1 Å². The van der Waals surface area contributed by atoms with Crippen LogP contribution in [0, 0.1) is 0 Å². The molecule has 1 unspecified atom stereocenters. The Hall–Kier alpha value is -1.36. The Kier molecular flexibility index (Phi) is 4.24. The molecule has 1 saturated heterocycles. The summed E-state index contributed by atoms with van der Waals surface area (Å²) in [6, 6.07) is 5.17. The average molecular weight is 280 g/mol. The molecule has 0 saturated carbocycles. The number of esters is 1. The van der Waals surface area contributed by atoms with Gasteiger partial charge in [-0.1, -0.05) is 0 Å². The van der Waals surface area contributed by atoms with Gasteiger partial charge >= 0.3 is 5.97 Å². The Morgan fingerprint density at radius 2 is 2.37 bits per heavy atom. The highest BCUT2D eigenvalue weighted by molar-refractivity contribution is 8.00. The molecule has 1 atom stereocenters. The minimum Gasteiger partial charge on any atom is -0.465 e. The van der Waals surface area contributed by atoms with Crippen LogP contribution in [0.1, 0.15) is 30.1 Å². The van der Waals surface area contributed by atoms with Crippen LogP contribution >= 0.6 is 11.8 Å². The van der Waals surface area contributed by atoms with Gasteiger partial charge in [-0.3, -0.25) is 0 Å². The first kappa shape index (κ1) is 14.1. The molecular formula is C14H20N2O2S. The third-order valence-corrected chi connectivity index (χ3v) is 4.97. The lowest BCUT2D eigenvalue weighted by Gasteiger charge is -2.24. The summed E-state index contributed by atoms with van der Waals surface area (Å²) in [5.41, 5.74) is 7.91. The van der Waals surface area contributed by atoms with E-state index in [4.69, 9.17) is 10.5 Å². The third-order valence-electron chi connectivity index (χ3n) is 3.43. The lowest BCUT2D eigenvalue weighted by atomic mass is 10.1. The van der Waals surface area contributed by atoms with Crippen LogP contribution in [0.5, 0.6) is 0 Å². The smallest absolute Gasteiger partial charge is 0.337 e. The fourth-order valence-electron chi connectivity index (χ4n) is 2.21. The van der Waals surface area contributed by atoms with Crippen molar-refractivity contribution in [3.63, 3.8) is 0 Å². The van der Waals surface area contributed by atoms with Crippen molar-refractivity contribution in [1.82, 2.24) is 0 Å². The first-order valence-electron chi connectivity index (χ1n) is 6.40. The lowest BCUT2D eigenvalue weighted by molar-refractivity contribution is 0.0601. The van der Waals surface area contributed by atoms with Crippen molar-refractivity contribution in [3.05, 3.63) is 23.8 Å². The fourth-order valence-corrected chi connectivity index (χ4v) is 3.46. The molecule has 1 aromatic rings. The first-order chi connectivity index (χ1) is 9.04. The standard InChI is InChI=1S/C14H20N2O2S/c1-14(6-3-7-19-14)9-16-12-8-10(13(17)18-2)4-5-11(12)15/h4-5,8,16H,3,6-7,9,15H2,1-2H3. The van der Waals surface area contributed by atoms with Crippen molar-refractivity contribution in [2.75, 3.05) is 30.5 Å². The highest BCUT2D eigenvalue weighted by atomic mass is 32.2. The molecule has 0 spiro atoms. The van der Waals surface area contributed by atoms with Gasteiger partial charge in [0.25, 0.3) is 0 Å². The summed E-state index contributed by atoms with van der Waals surface area (Å²) in [5, 5.41) is 3.36. The van der Waals surface area contributed by atoms with Gasteiger partial charge in [-0.25, -0.2) is 4.79 Å². The number of hydrogen-bond donors (Lipinski definition) is 2. The number of nitrogens with two attached hydrogens (primary N) is 1. The largest absolute Gasteiger partial charge is 0.465 e. The zero-order valence-electron chi connectivity index (χ0n) is 11.4. The molecule has 0 aromatic heterocycles. The molecule has 1 aliphatic rings. The molecule has 1 heterocycles. The summed E-state index contributed by atoms with van der Waals surface area (Å²) in [4.78, 5) is 11.5. The number of nitrogen functional groups attached to an aromatic ring is 1. The van der Waals surface area contributed by atoms with Crippen molar-refractivity contribution >= 4 is 29.1 Å². The number of rotatable bonds is 4. The van der Waals surface area contributed by atoms with Gasteiger partial charge < -0.3 is 15.8 Å². The molecular weight excluding hydrogens is 260 g/mol. The van der Waals surface area contributed by atoms with Gasteiger partial charge in [0.1, 0.15) is 0 Å². The maximum atomic E-state index is 11.5. The SMILES string of the molecule is COC(=O)c1ccc(N)c(NCC2(C)CCCS2)c1. The van der Waals surface area contributed by atoms with E-state index in [2.05, 4.69) is 12.2 Å². The van der Waals surface area contributed by atoms with Gasteiger partial charge in [-0.2, -0.15) is 11.8 Å². The lowest BCUT2D eigenvalue weighted by Crippen LogP contribution is -2.27. The second kappa shape index (κ2) is 5.74. The molecule has 5 heteroatoms. The molecule has 4 nitrogen and oxygen atoms in total. The molecule has 1 aromatic carbocycles. The van der Waals surface area contributed by atoms with E-state index in [9.17, 15) is 4.79 Å². The minimum absolute atomic E-state index is 0.258. The Balaban J connectivity index is 2.08. The van der Waals surface area contributed by atoms with Crippen LogP contribution in [-0.2, 0) is 4.74 Å². The normalized spacial score (nSPS) is 22.2. The molecule has 3 N–H and O–H groups in total. The van der Waals surface area contributed by atoms with Gasteiger partial charge in [-0.15, -0.1) is 0 Å². The van der Waals surface area contributed by atoms with Crippen molar-refractivity contribution < 1.29 is 9.53 Å². The van der Waals surface area contributed by atoms with Crippen LogP contribution in [-0.4, -0.2) is 30.1 Å². The van der Waals surface area contributed by atoms with Crippen molar-refractivity contribution in [2.24, 2.45) is 0 Å². The molecule has 104 valence electrons. The number of ether oxygens (including phenoxy) is 1. The number of benzene rings is 1. The van der Waals surface area contributed by atoms with Gasteiger partial charge in [-0.05, 0) is 43.7 Å². The van der Waals surface area contributed by atoms with Crippen molar-refractivity contribution in [2.45, 2.75) is 24.5 Å². The van der Waals surface area contributed by atoms with E-state index in [1.807, 2.05) is 11.8 Å². The topological polar surface area (TPSA) is 64.3 Å². The van der Waals surface area contributed by atoms with E-state index in [-0.39, 0.29) is 10.7 Å². The number of hydrogen-bond acceptors (Lipinski definition) is 5. The second-order valence-corrected chi connectivity index (χ2v) is 6.73. The first-order valence-corrected chi connectivity index (χ1v) is 7.38. The zero-order valence-corrected chi connectivity index (χ0v) is 12.2. The van der Waals surface area contributed by atoms with Gasteiger partial charge in [0.05, 0.1) is 24.0 Å². The Bertz CT molecular complexity index is 471. The predicted molar refractivity (Wildman–Crippen MR) is 80.8 cm³/mol. The van der Waals surface area contributed by atoms with E-state index >= 15 is 0 Å². The van der Waals surface area contributed by atoms with E-state index < -0.39 is 0 Å². The Morgan fingerprint density at radius 3 is 3.00 bits per heavy atom. The number of carbonyl (C=O) groups excluding carboxylic acids is 1. The van der Waals surface area contributed by atoms with E-state index in [0.717, 1.165) is 12.2 Å². The summed E-state index contributed by atoms with van der Waals surface area (Å²) in [5.74, 6) is 0.875. The Labute approximate surface area is 118 Å². The molecule has 0 radical (unpaired) electrons. The molecule has 0 amide bonds. The maximum absolute atomic E-state index is 11.5. The summed E-state index contributed by atoms with van der Waals surface area (Å²) < 4.78 is 4.97. The molecule has 2 rings (SSSR count). The molecule has 0 aliphatic carbocycles. The van der Waals surface area contributed by atoms with Crippen molar-refractivity contribution in [1.29, 1.82) is 0 Å². The zero-order chi connectivity index (χ0) is 13.9. The van der Waals surface area contributed by atoms with Crippen LogP contribution in [0.3, 0.4) is 0 Å². The summed E-state index contributed by atoms with van der Waals surface area (Å²) in [7, 11) is 1.38. The number of methoxy groups -OCH3 is 1. The predicted octanol–water partition coefficient (Wildman–Crippen LogP) is 2.75. The second-order valence-electron chi connectivity index (χ2n) is 5.05. The number of anilines is 2. The highest BCUT2D eigenvalue weighted by Crippen LogP contribution is 2.38. The van der Waals surface area contributed by atoms with Gasteiger partial charge in [0.2, 0.25) is 0 Å². The monoisotopic (exact) mass is 280 g/mol. The highest BCUT2D eigenvalue weighted by Gasteiger charge is 2.29. The van der Waals surface area contributed by atoms with E-state index in [1.54, 1.807) is 18.2 Å². The number of nitrogens with one attached hydrogen (secondary N) is 1. The minimum atomic E-state index is -0.343. The summed E-state index contributed by atoms with van der Waals surface area (Å²) in [6.07, 6.45) is 2.47. The quantitative estimate of drug-likeness (QED) is 0.656. The molecule has 1 fully saturated rings. The Morgan fingerprint density at radius 1 is 1.58 bits per heavy atom. The molecule has 1 aliphatic heterocycles. The average Bonchev–Trinajstić information content (AvgIpc) is 2.84. The fraction of sp³-hybridized carbons (Fsp3) is 0.500. The van der Waals surface area contributed by atoms with E-state index in [1.165, 1.54) is 25.7 Å². The van der Waals surface area contributed by atoms with Crippen LogP contribution in [0.4, 0.5) is 11.4 Å². The molecule has 19 heavy (non-hydrogen) atoms. The number of carbonyl (C=O) groups is 1.